The summed E-state index contributed by atoms with van der Waals surface area (Å²) in [6.07, 6.45) is 1.15. The lowest BCUT2D eigenvalue weighted by molar-refractivity contribution is -0.0537. The highest BCUT2D eigenvalue weighted by Crippen LogP contribution is 2.32. The number of amides is 2. The van der Waals surface area contributed by atoms with Crippen LogP contribution in [-0.4, -0.2) is 28.4 Å². The zero-order valence-electron chi connectivity index (χ0n) is 11.6. The molecule has 0 bridgehead atoms. The number of hydrogen-bond acceptors (Lipinski definition) is 3. The summed E-state index contributed by atoms with van der Waals surface area (Å²) in [6, 6.07) is 4.54. The number of rotatable bonds is 2. The summed E-state index contributed by atoms with van der Waals surface area (Å²) in [7, 11) is 0. The number of nitrogens with two attached hydrogens (primary N) is 1. The van der Waals surface area contributed by atoms with E-state index in [9.17, 15) is 14.4 Å². The van der Waals surface area contributed by atoms with Gasteiger partial charge in [-0.05, 0) is 37.5 Å². The molecule has 1 aliphatic heterocycles. The van der Waals surface area contributed by atoms with E-state index in [2.05, 4.69) is 11.8 Å². The highest BCUT2D eigenvalue weighted by molar-refractivity contribution is 5.71. The van der Waals surface area contributed by atoms with Gasteiger partial charge in [-0.25, -0.2) is 9.18 Å². The molecule has 2 amide bonds. The van der Waals surface area contributed by atoms with Gasteiger partial charge in [0.1, 0.15) is 18.0 Å². The molecule has 1 heterocycles. The average molecular weight is 292 g/mol. The van der Waals surface area contributed by atoms with E-state index in [-0.39, 0.29) is 18.0 Å². The topological polar surface area (TPSA) is 75.8 Å². The van der Waals surface area contributed by atoms with E-state index in [0.717, 1.165) is 18.4 Å². The Bertz CT molecular complexity index is 565. The van der Waals surface area contributed by atoms with Crippen molar-refractivity contribution in [3.05, 3.63) is 35.6 Å². The van der Waals surface area contributed by atoms with E-state index < -0.39 is 12.1 Å². The summed E-state index contributed by atoms with van der Waals surface area (Å²) in [5.74, 6) is 5.32. The van der Waals surface area contributed by atoms with E-state index in [1.165, 1.54) is 12.1 Å². The molecule has 0 radical (unpaired) electrons. The van der Waals surface area contributed by atoms with Crippen molar-refractivity contribution in [1.29, 1.82) is 0 Å². The minimum atomic E-state index is -0.951. The van der Waals surface area contributed by atoms with Crippen LogP contribution in [0.3, 0.4) is 0 Å². The van der Waals surface area contributed by atoms with Crippen LogP contribution in [0, 0.1) is 17.7 Å². The zero-order chi connectivity index (χ0) is 15.4. The Labute approximate surface area is 122 Å². The van der Waals surface area contributed by atoms with Crippen LogP contribution in [0.5, 0.6) is 0 Å². The van der Waals surface area contributed by atoms with Crippen LogP contribution in [0.25, 0.3) is 0 Å². The second kappa shape index (κ2) is 6.57. The summed E-state index contributed by atoms with van der Waals surface area (Å²) in [4.78, 5) is 10.8. The van der Waals surface area contributed by atoms with Gasteiger partial charge >= 0.3 is 6.03 Å². The highest BCUT2D eigenvalue weighted by Gasteiger charge is 2.25. The fraction of sp³-hybridized carbons (Fsp3) is 0.400. The van der Waals surface area contributed by atoms with Gasteiger partial charge in [0.2, 0.25) is 0 Å². The third-order valence-electron chi connectivity index (χ3n) is 3.31. The first-order valence-electron chi connectivity index (χ1n) is 6.67. The molecule has 0 unspecified atom stereocenters. The van der Waals surface area contributed by atoms with Crippen molar-refractivity contribution in [1.82, 2.24) is 5.06 Å². The monoisotopic (exact) mass is 292 g/mol. The normalized spacial score (nSPS) is 22.2. The van der Waals surface area contributed by atoms with Gasteiger partial charge in [0.25, 0.3) is 0 Å². The van der Waals surface area contributed by atoms with Crippen molar-refractivity contribution >= 4 is 6.03 Å². The summed E-state index contributed by atoms with van der Waals surface area (Å²) in [5.41, 5.74) is 5.85. The lowest BCUT2D eigenvalue weighted by Gasteiger charge is -2.15. The molecule has 2 rings (SSSR count). The minimum Gasteiger partial charge on any atom is -0.358 e. The van der Waals surface area contributed by atoms with Gasteiger partial charge < -0.3 is 10.5 Å². The van der Waals surface area contributed by atoms with Crippen LogP contribution in [0.2, 0.25) is 0 Å². The second-order valence-corrected chi connectivity index (χ2v) is 4.89. The van der Waals surface area contributed by atoms with Crippen LogP contribution in [-0.2, 0) is 4.74 Å². The maximum Gasteiger partial charge on any atom is 0.339 e. The third kappa shape index (κ3) is 3.94. The van der Waals surface area contributed by atoms with Gasteiger partial charge in [-0.1, -0.05) is 24.0 Å². The maximum atomic E-state index is 12.9. The molecule has 6 heteroatoms. The SMILES string of the molecule is C[C@@H](C#C[C@@H]1CC[C@@H](c2ccc(F)cc2)O1)N(O)C(N)=O. The van der Waals surface area contributed by atoms with Crippen molar-refractivity contribution in [2.24, 2.45) is 5.73 Å². The molecule has 0 spiro atoms. The molecule has 0 aromatic heterocycles. The van der Waals surface area contributed by atoms with Gasteiger partial charge in [0.15, 0.2) is 0 Å². The number of primary amides is 1. The Morgan fingerprint density at radius 1 is 1.48 bits per heavy atom. The molecule has 112 valence electrons. The first-order chi connectivity index (χ1) is 9.97. The van der Waals surface area contributed by atoms with Gasteiger partial charge in [-0.3, -0.25) is 5.21 Å². The molecule has 0 saturated carbocycles. The number of hydrogen-bond donors (Lipinski definition) is 2. The van der Waals surface area contributed by atoms with Crippen LogP contribution in [0.1, 0.15) is 31.4 Å². The standard InChI is InChI=1S/C15H17FN2O3/c1-10(18(20)15(17)19)2-7-13-8-9-14(21-13)11-3-5-12(16)6-4-11/h3-6,10,13-14,20H,8-9H2,1H3,(H2,17,19)/t10-,13+,14-/m0/s1. The number of ether oxygens (including phenoxy) is 1. The summed E-state index contributed by atoms with van der Waals surface area (Å²) in [5, 5.41) is 9.68. The predicted molar refractivity (Wildman–Crippen MR) is 73.7 cm³/mol. The van der Waals surface area contributed by atoms with E-state index in [0.29, 0.717) is 5.06 Å². The van der Waals surface area contributed by atoms with E-state index in [1.54, 1.807) is 19.1 Å². The number of nitrogens with zero attached hydrogens (tertiary/aromatic N) is 1. The predicted octanol–water partition coefficient (Wildman–Crippen LogP) is 2.21. The molecule has 1 aromatic rings. The number of carbonyl (C=O) groups excluding carboxylic acids is 1. The smallest absolute Gasteiger partial charge is 0.339 e. The molecule has 0 aliphatic carbocycles. The van der Waals surface area contributed by atoms with Gasteiger partial charge in [-0.15, -0.1) is 0 Å². The Morgan fingerprint density at radius 2 is 2.14 bits per heavy atom. The lowest BCUT2D eigenvalue weighted by atomic mass is 10.1. The largest absolute Gasteiger partial charge is 0.358 e. The fourth-order valence-electron chi connectivity index (χ4n) is 2.13. The summed E-state index contributed by atoms with van der Waals surface area (Å²) in [6.45, 7) is 1.56. The van der Waals surface area contributed by atoms with E-state index in [4.69, 9.17) is 10.5 Å². The van der Waals surface area contributed by atoms with E-state index >= 15 is 0 Å². The van der Waals surface area contributed by atoms with Gasteiger partial charge in [-0.2, -0.15) is 5.06 Å². The number of carbonyl (C=O) groups is 1. The Kier molecular flexibility index (Phi) is 4.78. The molecule has 3 N–H and O–H groups in total. The second-order valence-electron chi connectivity index (χ2n) is 4.89. The molecular weight excluding hydrogens is 275 g/mol. The number of halogens is 1. The molecule has 1 aliphatic rings. The van der Waals surface area contributed by atoms with E-state index in [1.807, 2.05) is 0 Å². The van der Waals surface area contributed by atoms with Crippen LogP contribution in [0.4, 0.5) is 9.18 Å². The fourth-order valence-corrected chi connectivity index (χ4v) is 2.13. The van der Waals surface area contributed by atoms with Crippen LogP contribution >= 0.6 is 0 Å². The van der Waals surface area contributed by atoms with Crippen molar-refractivity contribution < 1.29 is 19.1 Å². The quantitative estimate of drug-likeness (QED) is 0.498. The first-order valence-corrected chi connectivity index (χ1v) is 6.67. The molecule has 3 atom stereocenters. The molecule has 1 aromatic carbocycles. The molecular formula is C15H17FN2O3. The van der Waals surface area contributed by atoms with Crippen molar-refractivity contribution in [2.75, 3.05) is 0 Å². The number of hydroxylamine groups is 2. The minimum absolute atomic E-state index is 0.110. The zero-order valence-corrected chi connectivity index (χ0v) is 11.6. The lowest BCUT2D eigenvalue weighted by Crippen LogP contribution is -2.38. The molecule has 1 fully saturated rings. The Morgan fingerprint density at radius 3 is 2.76 bits per heavy atom. The summed E-state index contributed by atoms with van der Waals surface area (Å²) < 4.78 is 18.6. The molecule has 1 saturated heterocycles. The Hall–Kier alpha value is -2.10. The first kappa shape index (κ1) is 15.3. The van der Waals surface area contributed by atoms with Gasteiger partial charge in [0, 0.05) is 0 Å². The summed E-state index contributed by atoms with van der Waals surface area (Å²) >= 11 is 0. The Balaban J connectivity index is 1.94. The maximum absolute atomic E-state index is 12.9. The average Bonchev–Trinajstić information content (AvgIpc) is 2.93. The van der Waals surface area contributed by atoms with Crippen LogP contribution in [0.15, 0.2) is 24.3 Å². The number of urea groups is 1. The molecule has 21 heavy (non-hydrogen) atoms. The van der Waals surface area contributed by atoms with Crippen molar-refractivity contribution in [3.63, 3.8) is 0 Å². The third-order valence-corrected chi connectivity index (χ3v) is 3.31. The number of benzene rings is 1. The van der Waals surface area contributed by atoms with Gasteiger partial charge in [0.05, 0.1) is 6.10 Å². The van der Waals surface area contributed by atoms with Crippen molar-refractivity contribution in [3.8, 4) is 11.8 Å². The highest BCUT2D eigenvalue weighted by atomic mass is 19.1. The molecule has 5 nitrogen and oxygen atoms in total. The van der Waals surface area contributed by atoms with Crippen LogP contribution < -0.4 is 5.73 Å². The van der Waals surface area contributed by atoms with Crippen molar-refractivity contribution in [2.45, 2.75) is 38.0 Å².